The largest absolute Gasteiger partial charge is 0.385 e. The van der Waals surface area contributed by atoms with Gasteiger partial charge in [0.2, 0.25) is 0 Å². The average molecular weight is 331 g/mol. The molecule has 0 saturated heterocycles. The van der Waals surface area contributed by atoms with Crippen molar-refractivity contribution in [2.24, 2.45) is 0 Å². The molecule has 114 valence electrons. The number of thiophene rings is 1. The zero-order valence-corrected chi connectivity index (χ0v) is 12.8. The van der Waals surface area contributed by atoms with Gasteiger partial charge in [0.15, 0.2) is 5.00 Å². The summed E-state index contributed by atoms with van der Waals surface area (Å²) in [5.74, 6) is 0.277. The number of hydrogen-bond acceptors (Lipinski definition) is 7. The molecule has 0 spiro atoms. The van der Waals surface area contributed by atoms with E-state index < -0.39 is 20.6 Å². The molecule has 0 aliphatic heterocycles. The fourth-order valence-electron chi connectivity index (χ4n) is 1.64. The summed E-state index contributed by atoms with van der Waals surface area (Å²) in [4.78, 5) is 10.0. The Morgan fingerprint density at radius 2 is 2.19 bits per heavy atom. The molecule has 11 heteroatoms. The molecule has 0 aromatic carbocycles. The van der Waals surface area contributed by atoms with Gasteiger partial charge in [-0.3, -0.25) is 14.8 Å². The molecular formula is C10H13N5O4S2. The number of anilines is 2. The Morgan fingerprint density at radius 3 is 2.71 bits per heavy atom. The van der Waals surface area contributed by atoms with E-state index in [0.29, 0.717) is 11.3 Å². The van der Waals surface area contributed by atoms with Crippen molar-refractivity contribution in [2.75, 3.05) is 10.5 Å². The second-order valence-electron chi connectivity index (χ2n) is 4.43. The van der Waals surface area contributed by atoms with Crippen LogP contribution in [-0.2, 0) is 10.0 Å². The van der Waals surface area contributed by atoms with Crippen molar-refractivity contribution in [3.8, 4) is 0 Å². The van der Waals surface area contributed by atoms with E-state index in [4.69, 9.17) is 5.73 Å². The molecule has 3 N–H and O–H groups in total. The Kier molecular flexibility index (Phi) is 3.87. The molecule has 0 aliphatic rings. The highest BCUT2D eigenvalue weighted by Crippen LogP contribution is 2.35. The number of nitrogens with zero attached hydrogens (tertiary/aromatic N) is 3. The van der Waals surface area contributed by atoms with Crippen LogP contribution in [-0.4, -0.2) is 23.1 Å². The standard InChI is InChI=1S/C10H13N5O4S2/c1-6(2)14-8(3-4-12-14)13-21(18,19)9-5-7(15(16)17)10(11)20-9/h3-6,13H,11H2,1-2H3. The first kappa shape index (κ1) is 15.3. The Bertz CT molecular complexity index is 777. The zero-order chi connectivity index (χ0) is 15.8. The van der Waals surface area contributed by atoms with E-state index >= 15 is 0 Å². The minimum absolute atomic E-state index is 0.0413. The van der Waals surface area contributed by atoms with Crippen molar-refractivity contribution >= 4 is 37.9 Å². The van der Waals surface area contributed by atoms with Gasteiger partial charge in [-0.15, -0.1) is 0 Å². The first-order valence-electron chi connectivity index (χ1n) is 5.82. The minimum Gasteiger partial charge on any atom is -0.385 e. The highest BCUT2D eigenvalue weighted by Gasteiger charge is 2.25. The lowest BCUT2D eigenvalue weighted by molar-refractivity contribution is -0.383. The number of aromatic nitrogens is 2. The van der Waals surface area contributed by atoms with E-state index in [1.807, 2.05) is 13.8 Å². The van der Waals surface area contributed by atoms with E-state index in [2.05, 4.69) is 9.82 Å². The highest BCUT2D eigenvalue weighted by atomic mass is 32.2. The first-order chi connectivity index (χ1) is 9.72. The van der Waals surface area contributed by atoms with Crippen LogP contribution >= 0.6 is 11.3 Å². The van der Waals surface area contributed by atoms with Crippen molar-refractivity contribution in [2.45, 2.75) is 24.1 Å². The SMILES string of the molecule is CC(C)n1nccc1NS(=O)(=O)c1cc([N+](=O)[O-])c(N)s1. The van der Waals surface area contributed by atoms with E-state index in [0.717, 1.165) is 6.07 Å². The molecule has 0 fully saturated rings. The van der Waals surface area contributed by atoms with E-state index in [1.165, 1.54) is 16.9 Å². The summed E-state index contributed by atoms with van der Waals surface area (Å²) in [6.45, 7) is 3.69. The number of sulfonamides is 1. The lowest BCUT2D eigenvalue weighted by Gasteiger charge is -2.11. The van der Waals surface area contributed by atoms with Crippen LogP contribution in [0, 0.1) is 10.1 Å². The Balaban J connectivity index is 2.37. The summed E-state index contributed by atoms with van der Waals surface area (Å²) >= 11 is 0.642. The number of nitrogen functional groups attached to an aromatic ring is 1. The van der Waals surface area contributed by atoms with Gasteiger partial charge >= 0.3 is 5.69 Å². The van der Waals surface area contributed by atoms with Gasteiger partial charge in [-0.2, -0.15) is 5.10 Å². The lowest BCUT2D eigenvalue weighted by Crippen LogP contribution is -2.16. The second kappa shape index (κ2) is 5.33. The summed E-state index contributed by atoms with van der Waals surface area (Å²) in [6.07, 6.45) is 1.46. The third-order valence-electron chi connectivity index (χ3n) is 2.58. The highest BCUT2D eigenvalue weighted by molar-refractivity contribution is 7.94. The monoisotopic (exact) mass is 331 g/mol. The Hall–Kier alpha value is -2.14. The fourth-order valence-corrected chi connectivity index (χ4v) is 3.91. The van der Waals surface area contributed by atoms with Crippen molar-refractivity contribution in [3.05, 3.63) is 28.4 Å². The average Bonchev–Trinajstić information content (AvgIpc) is 2.95. The van der Waals surface area contributed by atoms with Gasteiger partial charge < -0.3 is 5.73 Å². The van der Waals surface area contributed by atoms with Crippen molar-refractivity contribution in [1.82, 2.24) is 9.78 Å². The van der Waals surface area contributed by atoms with Crippen molar-refractivity contribution in [3.63, 3.8) is 0 Å². The van der Waals surface area contributed by atoms with Crippen LogP contribution in [0.4, 0.5) is 16.5 Å². The lowest BCUT2D eigenvalue weighted by atomic mass is 10.4. The third-order valence-corrected chi connectivity index (χ3v) is 5.36. The van der Waals surface area contributed by atoms with Crippen molar-refractivity contribution in [1.29, 1.82) is 0 Å². The summed E-state index contributed by atoms with van der Waals surface area (Å²) in [5, 5.41) is 14.6. The van der Waals surface area contributed by atoms with Gasteiger partial charge in [0.25, 0.3) is 10.0 Å². The molecule has 2 heterocycles. The van der Waals surface area contributed by atoms with Crippen LogP contribution in [0.2, 0.25) is 0 Å². The summed E-state index contributed by atoms with van der Waals surface area (Å²) in [6, 6.07) is 2.40. The van der Waals surface area contributed by atoms with Gasteiger partial charge in [0.05, 0.1) is 11.1 Å². The topological polar surface area (TPSA) is 133 Å². The molecular weight excluding hydrogens is 318 g/mol. The second-order valence-corrected chi connectivity index (χ2v) is 7.43. The number of nitrogens with one attached hydrogen (secondary N) is 1. The Morgan fingerprint density at radius 1 is 1.52 bits per heavy atom. The molecule has 9 nitrogen and oxygen atoms in total. The quantitative estimate of drug-likeness (QED) is 0.634. The molecule has 2 aromatic rings. The number of hydrogen-bond donors (Lipinski definition) is 2. The smallest absolute Gasteiger partial charge is 0.304 e. The number of nitro groups is 1. The molecule has 0 unspecified atom stereocenters. The number of nitrogens with two attached hydrogens (primary N) is 1. The number of rotatable bonds is 5. The van der Waals surface area contributed by atoms with Crippen molar-refractivity contribution < 1.29 is 13.3 Å². The summed E-state index contributed by atoms with van der Waals surface area (Å²) in [7, 11) is -3.95. The van der Waals surface area contributed by atoms with Gasteiger partial charge in [0.1, 0.15) is 10.0 Å². The van der Waals surface area contributed by atoms with E-state index in [1.54, 1.807) is 0 Å². The normalized spacial score (nSPS) is 11.8. The Labute approximate surface area is 124 Å². The zero-order valence-electron chi connectivity index (χ0n) is 11.2. The molecule has 2 aromatic heterocycles. The third kappa shape index (κ3) is 2.97. The van der Waals surface area contributed by atoms with E-state index in [-0.39, 0.29) is 21.1 Å². The maximum atomic E-state index is 12.2. The molecule has 0 amide bonds. The van der Waals surface area contributed by atoms with E-state index in [9.17, 15) is 18.5 Å². The molecule has 0 radical (unpaired) electrons. The van der Waals surface area contributed by atoms with Gasteiger partial charge in [-0.05, 0) is 13.8 Å². The maximum Gasteiger partial charge on any atom is 0.304 e. The summed E-state index contributed by atoms with van der Waals surface area (Å²) in [5.41, 5.74) is 5.04. The molecule has 0 saturated carbocycles. The van der Waals surface area contributed by atoms with Gasteiger partial charge in [-0.25, -0.2) is 13.1 Å². The van der Waals surface area contributed by atoms with Crippen LogP contribution in [0.25, 0.3) is 0 Å². The minimum atomic E-state index is -3.95. The molecule has 21 heavy (non-hydrogen) atoms. The van der Waals surface area contributed by atoms with Crippen LogP contribution in [0.1, 0.15) is 19.9 Å². The molecule has 0 aliphatic carbocycles. The molecule has 0 bridgehead atoms. The van der Waals surface area contributed by atoms with Crippen LogP contribution < -0.4 is 10.5 Å². The molecule has 0 atom stereocenters. The fraction of sp³-hybridized carbons (Fsp3) is 0.300. The van der Waals surface area contributed by atoms with Crippen LogP contribution in [0.15, 0.2) is 22.5 Å². The maximum absolute atomic E-state index is 12.2. The van der Waals surface area contributed by atoms with Crippen LogP contribution in [0.3, 0.4) is 0 Å². The summed E-state index contributed by atoms with van der Waals surface area (Å²) < 4.78 is 28.1. The first-order valence-corrected chi connectivity index (χ1v) is 8.12. The van der Waals surface area contributed by atoms with Gasteiger partial charge in [0, 0.05) is 18.2 Å². The van der Waals surface area contributed by atoms with Crippen LogP contribution in [0.5, 0.6) is 0 Å². The van der Waals surface area contributed by atoms with Gasteiger partial charge in [-0.1, -0.05) is 11.3 Å². The predicted octanol–water partition coefficient (Wildman–Crippen LogP) is 1.82. The predicted molar refractivity (Wildman–Crippen MR) is 78.8 cm³/mol. The molecule has 2 rings (SSSR count).